The summed E-state index contributed by atoms with van der Waals surface area (Å²) < 4.78 is 4.83. The SMILES string of the molecule is CC.COc1cc(O)ccc1C=O. The first-order valence-corrected chi connectivity index (χ1v) is 4.10. The molecule has 1 aromatic carbocycles. The molecule has 0 radical (unpaired) electrons. The minimum atomic E-state index is 0.0902. The van der Waals surface area contributed by atoms with E-state index in [-0.39, 0.29) is 5.75 Å². The zero-order valence-electron chi connectivity index (χ0n) is 8.07. The topological polar surface area (TPSA) is 46.5 Å². The summed E-state index contributed by atoms with van der Waals surface area (Å²) in [4.78, 5) is 10.3. The van der Waals surface area contributed by atoms with Gasteiger partial charge in [0, 0.05) is 6.07 Å². The number of benzene rings is 1. The van der Waals surface area contributed by atoms with Gasteiger partial charge in [-0.2, -0.15) is 0 Å². The van der Waals surface area contributed by atoms with E-state index >= 15 is 0 Å². The molecule has 0 aromatic heterocycles. The van der Waals surface area contributed by atoms with Crippen LogP contribution in [0.1, 0.15) is 24.2 Å². The Bertz CT molecular complexity index is 269. The van der Waals surface area contributed by atoms with Crippen molar-refractivity contribution in [2.24, 2.45) is 0 Å². The lowest BCUT2D eigenvalue weighted by Crippen LogP contribution is -1.88. The molecular weight excluding hydrogens is 168 g/mol. The quantitative estimate of drug-likeness (QED) is 0.713. The van der Waals surface area contributed by atoms with Crippen LogP contribution in [0.25, 0.3) is 0 Å². The third kappa shape index (κ3) is 3.15. The lowest BCUT2D eigenvalue weighted by molar-refractivity contribution is 0.112. The Labute approximate surface area is 78.0 Å². The normalized spacial score (nSPS) is 8.23. The number of hydrogen-bond donors (Lipinski definition) is 1. The molecule has 1 N–H and O–H groups in total. The van der Waals surface area contributed by atoms with Crippen LogP contribution in [0.3, 0.4) is 0 Å². The van der Waals surface area contributed by atoms with Crippen molar-refractivity contribution in [2.75, 3.05) is 7.11 Å². The van der Waals surface area contributed by atoms with Gasteiger partial charge in [0.15, 0.2) is 6.29 Å². The summed E-state index contributed by atoms with van der Waals surface area (Å²) in [6, 6.07) is 4.33. The average Bonchev–Trinajstić information content (AvgIpc) is 2.20. The van der Waals surface area contributed by atoms with Gasteiger partial charge in [0.1, 0.15) is 11.5 Å². The molecule has 0 aliphatic heterocycles. The Morgan fingerprint density at radius 1 is 1.38 bits per heavy atom. The number of carbonyl (C=O) groups is 1. The number of aromatic hydroxyl groups is 1. The van der Waals surface area contributed by atoms with Gasteiger partial charge in [-0.25, -0.2) is 0 Å². The Morgan fingerprint density at radius 2 is 2.00 bits per heavy atom. The van der Waals surface area contributed by atoms with E-state index in [1.807, 2.05) is 13.8 Å². The molecular formula is C10H14O3. The standard InChI is InChI=1S/C8H8O3.C2H6/c1-11-8-4-7(10)3-2-6(8)5-9;1-2/h2-5,10H,1H3;1-2H3. The number of phenolic OH excluding ortho intramolecular Hbond substituents is 1. The zero-order valence-corrected chi connectivity index (χ0v) is 8.07. The molecule has 13 heavy (non-hydrogen) atoms. The molecule has 0 aliphatic carbocycles. The molecule has 0 saturated heterocycles. The van der Waals surface area contributed by atoms with Crippen LogP contribution < -0.4 is 4.74 Å². The molecule has 0 unspecified atom stereocenters. The van der Waals surface area contributed by atoms with Crippen LogP contribution >= 0.6 is 0 Å². The van der Waals surface area contributed by atoms with E-state index in [1.165, 1.54) is 25.3 Å². The summed E-state index contributed by atoms with van der Waals surface area (Å²) in [5.74, 6) is 0.479. The predicted octanol–water partition coefficient (Wildman–Crippen LogP) is 2.24. The number of carbonyl (C=O) groups excluding carboxylic acids is 1. The van der Waals surface area contributed by atoms with Crippen LogP contribution in [0, 0.1) is 0 Å². The fraction of sp³-hybridized carbons (Fsp3) is 0.300. The minimum Gasteiger partial charge on any atom is -0.508 e. The number of hydrogen-bond acceptors (Lipinski definition) is 3. The highest BCUT2D eigenvalue weighted by Gasteiger charge is 2.00. The number of methoxy groups -OCH3 is 1. The average molecular weight is 182 g/mol. The first-order chi connectivity index (χ1) is 6.27. The summed E-state index contributed by atoms with van der Waals surface area (Å²) in [5.41, 5.74) is 0.435. The van der Waals surface area contributed by atoms with Crippen LogP contribution in [0.5, 0.6) is 11.5 Å². The van der Waals surface area contributed by atoms with Crippen molar-refractivity contribution in [1.82, 2.24) is 0 Å². The van der Waals surface area contributed by atoms with Gasteiger partial charge in [-0.15, -0.1) is 0 Å². The highest BCUT2D eigenvalue weighted by Crippen LogP contribution is 2.21. The number of ether oxygens (including phenoxy) is 1. The van der Waals surface area contributed by atoms with E-state index in [0.717, 1.165) is 0 Å². The van der Waals surface area contributed by atoms with Gasteiger partial charge < -0.3 is 9.84 Å². The molecule has 0 aliphatic rings. The summed E-state index contributed by atoms with van der Waals surface area (Å²) in [7, 11) is 1.45. The molecule has 0 heterocycles. The molecule has 1 aromatic rings. The highest BCUT2D eigenvalue weighted by atomic mass is 16.5. The second-order valence-corrected chi connectivity index (χ2v) is 2.04. The minimum absolute atomic E-state index is 0.0902. The number of aldehydes is 1. The van der Waals surface area contributed by atoms with Gasteiger partial charge in [-0.05, 0) is 12.1 Å². The first-order valence-electron chi connectivity index (χ1n) is 4.10. The summed E-state index contributed by atoms with van der Waals surface area (Å²) in [6.45, 7) is 4.00. The molecule has 3 heteroatoms. The molecule has 0 atom stereocenters. The van der Waals surface area contributed by atoms with Crippen LogP contribution in [0.15, 0.2) is 18.2 Å². The summed E-state index contributed by atoms with van der Waals surface area (Å²) in [5, 5.41) is 8.97. The van der Waals surface area contributed by atoms with Crippen molar-refractivity contribution >= 4 is 6.29 Å². The molecule has 0 saturated carbocycles. The largest absolute Gasteiger partial charge is 0.508 e. The fourth-order valence-corrected chi connectivity index (χ4v) is 0.797. The maximum Gasteiger partial charge on any atom is 0.153 e. The molecule has 0 amide bonds. The maximum atomic E-state index is 10.3. The van der Waals surface area contributed by atoms with Crippen molar-refractivity contribution in [3.63, 3.8) is 0 Å². The highest BCUT2D eigenvalue weighted by molar-refractivity contribution is 5.79. The van der Waals surface area contributed by atoms with Crippen molar-refractivity contribution in [1.29, 1.82) is 0 Å². The first kappa shape index (κ1) is 11.5. The van der Waals surface area contributed by atoms with E-state index in [1.54, 1.807) is 0 Å². The van der Waals surface area contributed by atoms with Crippen LogP contribution in [0.2, 0.25) is 0 Å². The molecule has 0 spiro atoms. The third-order valence-corrected chi connectivity index (χ3v) is 1.34. The van der Waals surface area contributed by atoms with Gasteiger partial charge in [0.25, 0.3) is 0 Å². The maximum absolute atomic E-state index is 10.3. The van der Waals surface area contributed by atoms with Crippen LogP contribution in [-0.2, 0) is 0 Å². The third-order valence-electron chi connectivity index (χ3n) is 1.34. The second-order valence-electron chi connectivity index (χ2n) is 2.04. The second kappa shape index (κ2) is 6.06. The van der Waals surface area contributed by atoms with Gasteiger partial charge in [0.2, 0.25) is 0 Å². The molecule has 3 nitrogen and oxygen atoms in total. The predicted molar refractivity (Wildman–Crippen MR) is 51.4 cm³/mol. The van der Waals surface area contributed by atoms with Gasteiger partial charge in [-0.3, -0.25) is 4.79 Å². The molecule has 1 rings (SSSR count). The van der Waals surface area contributed by atoms with E-state index in [0.29, 0.717) is 17.6 Å². The van der Waals surface area contributed by atoms with E-state index in [4.69, 9.17) is 9.84 Å². The number of phenols is 1. The number of rotatable bonds is 2. The Kier molecular flexibility index (Phi) is 5.35. The van der Waals surface area contributed by atoms with Gasteiger partial charge in [0.05, 0.1) is 12.7 Å². The van der Waals surface area contributed by atoms with E-state index < -0.39 is 0 Å². The van der Waals surface area contributed by atoms with Crippen molar-refractivity contribution in [3.05, 3.63) is 23.8 Å². The lowest BCUT2D eigenvalue weighted by atomic mass is 10.2. The van der Waals surface area contributed by atoms with E-state index in [2.05, 4.69) is 0 Å². The Balaban J connectivity index is 0.000000671. The van der Waals surface area contributed by atoms with Gasteiger partial charge in [-0.1, -0.05) is 13.8 Å². The van der Waals surface area contributed by atoms with Crippen LogP contribution in [0.4, 0.5) is 0 Å². The monoisotopic (exact) mass is 182 g/mol. The lowest BCUT2D eigenvalue weighted by Gasteiger charge is -2.02. The van der Waals surface area contributed by atoms with E-state index in [9.17, 15) is 4.79 Å². The van der Waals surface area contributed by atoms with Gasteiger partial charge >= 0.3 is 0 Å². The fourth-order valence-electron chi connectivity index (χ4n) is 0.797. The Morgan fingerprint density at radius 3 is 2.46 bits per heavy atom. The summed E-state index contributed by atoms with van der Waals surface area (Å²) in [6.07, 6.45) is 0.679. The zero-order chi connectivity index (χ0) is 10.3. The van der Waals surface area contributed by atoms with Crippen molar-refractivity contribution < 1.29 is 14.6 Å². The van der Waals surface area contributed by atoms with Crippen molar-refractivity contribution in [3.8, 4) is 11.5 Å². The molecule has 0 fully saturated rings. The Hall–Kier alpha value is -1.51. The summed E-state index contributed by atoms with van der Waals surface area (Å²) >= 11 is 0. The smallest absolute Gasteiger partial charge is 0.153 e. The molecule has 72 valence electrons. The molecule has 0 bridgehead atoms. The van der Waals surface area contributed by atoms with Crippen LogP contribution in [-0.4, -0.2) is 18.5 Å². The van der Waals surface area contributed by atoms with Crippen molar-refractivity contribution in [2.45, 2.75) is 13.8 Å².